The first-order chi connectivity index (χ1) is 14.2. The number of carbonyl (C=O) groups excluding carboxylic acids is 1. The van der Waals surface area contributed by atoms with E-state index >= 15 is 0 Å². The van der Waals surface area contributed by atoms with Gasteiger partial charge in [0.1, 0.15) is 0 Å². The molecule has 1 aliphatic rings. The van der Waals surface area contributed by atoms with Gasteiger partial charge in [-0.15, -0.1) is 0 Å². The van der Waals surface area contributed by atoms with E-state index in [0.29, 0.717) is 26.1 Å². The third kappa shape index (κ3) is 7.64. The Balaban J connectivity index is 1.52. The van der Waals surface area contributed by atoms with Crippen LogP contribution >= 0.6 is 0 Å². The zero-order valence-corrected chi connectivity index (χ0v) is 17.3. The van der Waals surface area contributed by atoms with E-state index in [1.165, 1.54) is 31.2 Å². The van der Waals surface area contributed by atoms with Gasteiger partial charge in [-0.25, -0.2) is 0 Å². The fourth-order valence-electron chi connectivity index (χ4n) is 4.10. The highest BCUT2D eigenvalue weighted by Crippen LogP contribution is 2.23. The quantitative estimate of drug-likeness (QED) is 0.614. The van der Waals surface area contributed by atoms with Gasteiger partial charge in [-0.3, -0.25) is 4.79 Å². The summed E-state index contributed by atoms with van der Waals surface area (Å²) in [7, 11) is 0. The molecule has 2 aromatic carbocycles. The number of rotatable bonds is 11. The van der Waals surface area contributed by atoms with E-state index in [1.54, 1.807) is 0 Å². The van der Waals surface area contributed by atoms with Crippen molar-refractivity contribution < 1.29 is 9.90 Å². The molecule has 0 unspecified atom stereocenters. The summed E-state index contributed by atoms with van der Waals surface area (Å²) in [5.74, 6) is 0.818. The van der Waals surface area contributed by atoms with Crippen LogP contribution in [0, 0.1) is 5.92 Å². The van der Waals surface area contributed by atoms with Crippen LogP contribution in [0.1, 0.15) is 36.8 Å². The summed E-state index contributed by atoms with van der Waals surface area (Å²) in [4.78, 5) is 14.8. The number of amides is 1. The predicted molar refractivity (Wildman–Crippen MR) is 118 cm³/mol. The number of hydrogen-bond donors (Lipinski definition) is 2. The van der Waals surface area contributed by atoms with Gasteiger partial charge in [0.15, 0.2) is 0 Å². The largest absolute Gasteiger partial charge is 0.390 e. The molecule has 1 aliphatic carbocycles. The van der Waals surface area contributed by atoms with E-state index in [4.69, 9.17) is 0 Å². The molecule has 2 N–H and O–H groups in total. The number of nitrogens with zero attached hydrogens (tertiary/aromatic N) is 1. The van der Waals surface area contributed by atoms with Crippen LogP contribution in [0.5, 0.6) is 0 Å². The van der Waals surface area contributed by atoms with Gasteiger partial charge < -0.3 is 15.3 Å². The third-order valence-electron chi connectivity index (χ3n) is 5.78. The van der Waals surface area contributed by atoms with Gasteiger partial charge in [0, 0.05) is 19.6 Å². The third-order valence-corrected chi connectivity index (χ3v) is 5.78. The lowest BCUT2D eigenvalue weighted by Crippen LogP contribution is -2.43. The Morgan fingerprint density at radius 2 is 1.62 bits per heavy atom. The average Bonchev–Trinajstić information content (AvgIpc) is 3.26. The molecule has 156 valence electrons. The van der Waals surface area contributed by atoms with E-state index in [1.807, 2.05) is 53.4 Å². The average molecular weight is 395 g/mol. The molecule has 1 atom stereocenters. The first-order valence-corrected chi connectivity index (χ1v) is 10.9. The lowest BCUT2D eigenvalue weighted by molar-refractivity contribution is -0.131. The van der Waals surface area contributed by atoms with E-state index in [0.717, 1.165) is 24.4 Å². The van der Waals surface area contributed by atoms with Crippen LogP contribution in [0.3, 0.4) is 0 Å². The standard InChI is InChI=1S/C25H34N2O2/c28-24(19-26-18-23-13-7-8-14-23)20-27(16-15-21-9-3-1-4-10-21)25(29)17-22-11-5-2-6-12-22/h1-6,9-12,23-24,26,28H,7-8,13-20H2/t24-/m1/s1. The van der Waals surface area contributed by atoms with Gasteiger partial charge in [-0.2, -0.15) is 0 Å². The first-order valence-electron chi connectivity index (χ1n) is 10.9. The molecule has 2 aromatic rings. The molecule has 1 saturated carbocycles. The Labute approximate surface area is 174 Å². The summed E-state index contributed by atoms with van der Waals surface area (Å²) in [6.07, 6.45) is 5.86. The molecule has 4 nitrogen and oxygen atoms in total. The molecule has 0 spiro atoms. The summed E-state index contributed by atoms with van der Waals surface area (Å²) in [6, 6.07) is 20.0. The fourth-order valence-corrected chi connectivity index (χ4v) is 4.10. The molecule has 0 heterocycles. The normalized spacial score (nSPS) is 15.3. The number of hydrogen-bond acceptors (Lipinski definition) is 3. The number of aliphatic hydroxyl groups is 1. The topological polar surface area (TPSA) is 52.6 Å². The maximum absolute atomic E-state index is 12.9. The zero-order chi connectivity index (χ0) is 20.3. The summed E-state index contributed by atoms with van der Waals surface area (Å²) < 4.78 is 0. The van der Waals surface area contributed by atoms with Crippen LogP contribution in [0.15, 0.2) is 60.7 Å². The maximum Gasteiger partial charge on any atom is 0.227 e. The van der Waals surface area contributed by atoms with Crippen molar-refractivity contribution in [2.24, 2.45) is 5.92 Å². The molecule has 0 saturated heterocycles. The second-order valence-corrected chi connectivity index (χ2v) is 8.20. The van der Waals surface area contributed by atoms with Crippen LogP contribution in [0.2, 0.25) is 0 Å². The Bertz CT molecular complexity index is 714. The van der Waals surface area contributed by atoms with Crippen molar-refractivity contribution >= 4 is 5.91 Å². The van der Waals surface area contributed by atoms with E-state index < -0.39 is 6.10 Å². The number of nitrogens with one attached hydrogen (secondary N) is 1. The Kier molecular flexibility index (Phi) is 8.72. The van der Waals surface area contributed by atoms with Crippen molar-refractivity contribution in [3.63, 3.8) is 0 Å². The minimum Gasteiger partial charge on any atom is -0.390 e. The van der Waals surface area contributed by atoms with Crippen molar-refractivity contribution in [3.05, 3.63) is 71.8 Å². The number of carbonyl (C=O) groups is 1. The highest BCUT2D eigenvalue weighted by molar-refractivity contribution is 5.78. The van der Waals surface area contributed by atoms with Crippen LogP contribution in [-0.2, 0) is 17.6 Å². The van der Waals surface area contributed by atoms with Crippen LogP contribution in [0.4, 0.5) is 0 Å². The van der Waals surface area contributed by atoms with Gasteiger partial charge in [0.2, 0.25) is 5.91 Å². The zero-order valence-electron chi connectivity index (χ0n) is 17.3. The van der Waals surface area contributed by atoms with Crippen molar-refractivity contribution in [2.75, 3.05) is 26.2 Å². The minimum absolute atomic E-state index is 0.0713. The second-order valence-electron chi connectivity index (χ2n) is 8.20. The van der Waals surface area contributed by atoms with Crippen molar-refractivity contribution in [3.8, 4) is 0 Å². The van der Waals surface area contributed by atoms with Crippen LogP contribution in [0.25, 0.3) is 0 Å². The lowest BCUT2D eigenvalue weighted by atomic mass is 10.1. The molecule has 1 fully saturated rings. The van der Waals surface area contributed by atoms with Gasteiger partial charge in [-0.05, 0) is 42.9 Å². The Morgan fingerprint density at radius 1 is 1.00 bits per heavy atom. The van der Waals surface area contributed by atoms with E-state index in [9.17, 15) is 9.90 Å². The number of aliphatic hydroxyl groups excluding tert-OH is 1. The molecular weight excluding hydrogens is 360 g/mol. The molecule has 4 heteroatoms. The molecule has 0 bridgehead atoms. The summed E-state index contributed by atoms with van der Waals surface area (Å²) in [5.41, 5.74) is 2.22. The molecule has 1 amide bonds. The maximum atomic E-state index is 12.9. The molecule has 0 aromatic heterocycles. The summed E-state index contributed by atoms with van der Waals surface area (Å²) in [5, 5.41) is 14.0. The molecule has 0 aliphatic heterocycles. The Morgan fingerprint density at radius 3 is 2.28 bits per heavy atom. The van der Waals surface area contributed by atoms with E-state index in [-0.39, 0.29) is 5.91 Å². The van der Waals surface area contributed by atoms with Crippen molar-refractivity contribution in [2.45, 2.75) is 44.6 Å². The van der Waals surface area contributed by atoms with Gasteiger partial charge >= 0.3 is 0 Å². The number of benzene rings is 2. The smallest absolute Gasteiger partial charge is 0.227 e. The molecule has 0 radical (unpaired) electrons. The highest BCUT2D eigenvalue weighted by Gasteiger charge is 2.19. The van der Waals surface area contributed by atoms with Gasteiger partial charge in [0.05, 0.1) is 12.5 Å². The molecule has 29 heavy (non-hydrogen) atoms. The predicted octanol–water partition coefficient (Wildman–Crippen LogP) is 3.44. The van der Waals surface area contributed by atoms with Crippen molar-refractivity contribution in [1.82, 2.24) is 10.2 Å². The van der Waals surface area contributed by atoms with Crippen LogP contribution in [-0.4, -0.2) is 48.2 Å². The monoisotopic (exact) mass is 394 g/mol. The van der Waals surface area contributed by atoms with Gasteiger partial charge in [0.25, 0.3) is 0 Å². The lowest BCUT2D eigenvalue weighted by Gasteiger charge is -2.26. The van der Waals surface area contributed by atoms with E-state index in [2.05, 4.69) is 17.4 Å². The summed E-state index contributed by atoms with van der Waals surface area (Å²) in [6.45, 7) is 2.50. The SMILES string of the molecule is O=C(Cc1ccccc1)N(CCc1ccccc1)C[C@H](O)CNCC1CCCC1. The second kappa shape index (κ2) is 11.7. The molecule has 3 rings (SSSR count). The van der Waals surface area contributed by atoms with Gasteiger partial charge in [-0.1, -0.05) is 73.5 Å². The Hall–Kier alpha value is -2.17. The minimum atomic E-state index is -0.549. The fraction of sp³-hybridized carbons (Fsp3) is 0.480. The summed E-state index contributed by atoms with van der Waals surface area (Å²) >= 11 is 0. The van der Waals surface area contributed by atoms with Crippen LogP contribution < -0.4 is 5.32 Å². The van der Waals surface area contributed by atoms with Crippen molar-refractivity contribution in [1.29, 1.82) is 0 Å². The molecular formula is C25H34N2O2. The first kappa shape index (κ1) is 21.5. The highest BCUT2D eigenvalue weighted by atomic mass is 16.3.